The minimum Gasteiger partial charge on any atom is -0.347 e. The monoisotopic (exact) mass is 279 g/mol. The molecule has 3 rings (SSSR count). The number of thioether (sulfide) groups is 1. The van der Waals surface area contributed by atoms with Crippen LogP contribution in [0.15, 0.2) is 35.2 Å². The molecule has 0 aliphatic carbocycles. The maximum absolute atomic E-state index is 5.75. The Bertz CT molecular complexity index is 382. The lowest BCUT2D eigenvalue weighted by Crippen LogP contribution is -2.45. The second-order valence-corrected chi connectivity index (χ2v) is 6.28. The van der Waals surface area contributed by atoms with E-state index in [0.29, 0.717) is 0 Å². The van der Waals surface area contributed by atoms with Gasteiger partial charge in [-0.15, -0.1) is 11.8 Å². The van der Waals surface area contributed by atoms with E-state index in [4.69, 9.17) is 9.47 Å². The molecule has 4 heteroatoms. The fourth-order valence-electron chi connectivity index (χ4n) is 2.71. The molecular weight excluding hydrogens is 258 g/mol. The first-order valence-corrected chi connectivity index (χ1v) is 8.03. The summed E-state index contributed by atoms with van der Waals surface area (Å²) in [5.74, 6) is 0.918. The second kappa shape index (κ2) is 6.27. The van der Waals surface area contributed by atoms with Crippen LogP contribution >= 0.6 is 11.8 Å². The summed E-state index contributed by atoms with van der Waals surface area (Å²) < 4.78 is 11.5. The Morgan fingerprint density at radius 3 is 2.42 bits per heavy atom. The molecule has 0 aromatic heterocycles. The van der Waals surface area contributed by atoms with E-state index >= 15 is 0 Å². The van der Waals surface area contributed by atoms with Crippen LogP contribution < -0.4 is 0 Å². The van der Waals surface area contributed by atoms with Gasteiger partial charge < -0.3 is 14.4 Å². The van der Waals surface area contributed by atoms with Gasteiger partial charge in [0, 0.05) is 43.1 Å². The molecule has 1 spiro atoms. The van der Waals surface area contributed by atoms with Crippen LogP contribution in [0.2, 0.25) is 0 Å². The summed E-state index contributed by atoms with van der Waals surface area (Å²) in [6, 6.07) is 10.6. The third-order valence-electron chi connectivity index (χ3n) is 3.85. The van der Waals surface area contributed by atoms with Gasteiger partial charge >= 0.3 is 0 Å². The molecule has 1 aromatic rings. The van der Waals surface area contributed by atoms with E-state index in [1.807, 2.05) is 11.8 Å². The van der Waals surface area contributed by atoms with Crippen LogP contribution in [0.4, 0.5) is 0 Å². The molecule has 2 aliphatic heterocycles. The Morgan fingerprint density at radius 1 is 1.05 bits per heavy atom. The van der Waals surface area contributed by atoms with Crippen LogP contribution in [0.5, 0.6) is 0 Å². The van der Waals surface area contributed by atoms with Gasteiger partial charge in [0.15, 0.2) is 5.79 Å². The van der Waals surface area contributed by atoms with Gasteiger partial charge in [0.2, 0.25) is 0 Å². The molecule has 2 heterocycles. The number of rotatable bonds is 4. The third-order valence-corrected chi connectivity index (χ3v) is 4.84. The highest BCUT2D eigenvalue weighted by Crippen LogP contribution is 2.31. The number of benzene rings is 1. The van der Waals surface area contributed by atoms with Crippen molar-refractivity contribution < 1.29 is 9.47 Å². The van der Waals surface area contributed by atoms with Crippen molar-refractivity contribution in [2.45, 2.75) is 23.5 Å². The number of hydrogen-bond donors (Lipinski definition) is 0. The van der Waals surface area contributed by atoms with Crippen LogP contribution in [0.1, 0.15) is 12.8 Å². The highest BCUT2D eigenvalue weighted by molar-refractivity contribution is 7.99. The average Bonchev–Trinajstić information content (AvgIpc) is 2.91. The molecule has 0 unspecified atom stereocenters. The Hall–Kier alpha value is -0.550. The fourth-order valence-corrected chi connectivity index (χ4v) is 3.65. The lowest BCUT2D eigenvalue weighted by atomic mass is 10.0. The first-order valence-electron chi connectivity index (χ1n) is 7.04. The number of piperidine rings is 1. The minimum atomic E-state index is -0.233. The summed E-state index contributed by atoms with van der Waals surface area (Å²) in [5, 5.41) is 0. The van der Waals surface area contributed by atoms with Gasteiger partial charge in [0.05, 0.1) is 13.2 Å². The maximum atomic E-state index is 5.75. The lowest BCUT2D eigenvalue weighted by Gasteiger charge is -2.37. The van der Waals surface area contributed by atoms with Gasteiger partial charge in [-0.25, -0.2) is 0 Å². The van der Waals surface area contributed by atoms with E-state index in [9.17, 15) is 0 Å². The predicted molar refractivity (Wildman–Crippen MR) is 77.5 cm³/mol. The quantitative estimate of drug-likeness (QED) is 0.790. The molecule has 1 aromatic carbocycles. The van der Waals surface area contributed by atoms with Gasteiger partial charge in [-0.2, -0.15) is 0 Å². The van der Waals surface area contributed by atoms with Gasteiger partial charge in [0.1, 0.15) is 0 Å². The first-order chi connectivity index (χ1) is 9.36. The highest BCUT2D eigenvalue weighted by Gasteiger charge is 2.39. The van der Waals surface area contributed by atoms with Crippen molar-refractivity contribution in [3.8, 4) is 0 Å². The smallest absolute Gasteiger partial charge is 0.170 e. The molecule has 0 amide bonds. The van der Waals surface area contributed by atoms with Crippen LogP contribution in [0.3, 0.4) is 0 Å². The van der Waals surface area contributed by atoms with Crippen LogP contribution in [-0.4, -0.2) is 49.3 Å². The van der Waals surface area contributed by atoms with E-state index in [-0.39, 0.29) is 5.79 Å². The normalized spacial score (nSPS) is 22.9. The zero-order valence-corrected chi connectivity index (χ0v) is 12.0. The number of ether oxygens (including phenoxy) is 2. The highest BCUT2D eigenvalue weighted by atomic mass is 32.2. The van der Waals surface area contributed by atoms with E-state index in [1.165, 1.54) is 4.90 Å². The van der Waals surface area contributed by atoms with Crippen molar-refractivity contribution in [3.05, 3.63) is 30.3 Å². The zero-order chi connectivity index (χ0) is 13.0. The van der Waals surface area contributed by atoms with E-state index in [0.717, 1.165) is 51.4 Å². The summed E-state index contributed by atoms with van der Waals surface area (Å²) >= 11 is 1.93. The van der Waals surface area contributed by atoms with Gasteiger partial charge in [0.25, 0.3) is 0 Å². The maximum Gasteiger partial charge on any atom is 0.170 e. The Labute approximate surface area is 119 Å². The molecule has 104 valence electrons. The molecule has 2 fully saturated rings. The minimum absolute atomic E-state index is 0.233. The molecule has 2 saturated heterocycles. The molecule has 0 bridgehead atoms. The number of likely N-dealkylation sites (tertiary alicyclic amines) is 1. The molecule has 0 saturated carbocycles. The Morgan fingerprint density at radius 2 is 1.74 bits per heavy atom. The van der Waals surface area contributed by atoms with Gasteiger partial charge in [-0.3, -0.25) is 0 Å². The molecule has 19 heavy (non-hydrogen) atoms. The molecule has 0 atom stereocenters. The van der Waals surface area contributed by atoms with Crippen molar-refractivity contribution in [2.75, 3.05) is 38.6 Å². The molecule has 2 aliphatic rings. The number of hydrogen-bond acceptors (Lipinski definition) is 4. The molecular formula is C15H21NO2S. The van der Waals surface area contributed by atoms with Crippen LogP contribution in [-0.2, 0) is 9.47 Å². The molecule has 3 nitrogen and oxygen atoms in total. The lowest BCUT2D eigenvalue weighted by molar-refractivity contribution is -0.184. The van der Waals surface area contributed by atoms with E-state index in [2.05, 4.69) is 35.2 Å². The average molecular weight is 279 g/mol. The summed E-state index contributed by atoms with van der Waals surface area (Å²) in [7, 11) is 0. The van der Waals surface area contributed by atoms with Crippen molar-refractivity contribution in [3.63, 3.8) is 0 Å². The number of nitrogens with zero attached hydrogens (tertiary/aromatic N) is 1. The summed E-state index contributed by atoms with van der Waals surface area (Å²) in [5.41, 5.74) is 0. The predicted octanol–water partition coefficient (Wildman–Crippen LogP) is 2.62. The molecule has 0 radical (unpaired) electrons. The van der Waals surface area contributed by atoms with Crippen LogP contribution in [0, 0.1) is 0 Å². The van der Waals surface area contributed by atoms with Crippen molar-refractivity contribution in [2.24, 2.45) is 0 Å². The third kappa shape index (κ3) is 3.51. The SMILES string of the molecule is c1ccc(SCCN2CCC3(CC2)OCCO3)cc1. The Kier molecular flexibility index (Phi) is 4.43. The standard InChI is InChI=1S/C15H21NO2S/c1-2-4-14(5-3-1)19-13-10-16-8-6-15(7-9-16)17-11-12-18-15/h1-5H,6-13H2. The fraction of sp³-hybridized carbons (Fsp3) is 0.600. The summed E-state index contributed by atoms with van der Waals surface area (Å²) in [6.45, 7) is 4.87. The summed E-state index contributed by atoms with van der Waals surface area (Å²) in [4.78, 5) is 3.88. The first kappa shape index (κ1) is 13.4. The van der Waals surface area contributed by atoms with Gasteiger partial charge in [-0.1, -0.05) is 18.2 Å². The van der Waals surface area contributed by atoms with Gasteiger partial charge in [-0.05, 0) is 12.1 Å². The summed E-state index contributed by atoms with van der Waals surface area (Å²) in [6.07, 6.45) is 2.03. The van der Waals surface area contributed by atoms with Crippen molar-refractivity contribution in [1.82, 2.24) is 4.90 Å². The Balaban J connectivity index is 1.38. The second-order valence-electron chi connectivity index (χ2n) is 5.11. The van der Waals surface area contributed by atoms with Crippen molar-refractivity contribution >= 4 is 11.8 Å². The van der Waals surface area contributed by atoms with E-state index in [1.54, 1.807) is 0 Å². The molecule has 0 N–H and O–H groups in total. The topological polar surface area (TPSA) is 21.7 Å². The largest absolute Gasteiger partial charge is 0.347 e. The van der Waals surface area contributed by atoms with Crippen LogP contribution in [0.25, 0.3) is 0 Å². The van der Waals surface area contributed by atoms with E-state index < -0.39 is 0 Å². The van der Waals surface area contributed by atoms with Crippen molar-refractivity contribution in [1.29, 1.82) is 0 Å². The zero-order valence-electron chi connectivity index (χ0n) is 11.2.